The Balaban J connectivity index is 1.44. The van der Waals surface area contributed by atoms with Gasteiger partial charge in [0, 0.05) is 12.1 Å². The molecule has 0 aromatic carbocycles. The topological polar surface area (TPSA) is 35.2 Å². The highest BCUT2D eigenvalue weighted by Crippen LogP contribution is 2.61. The van der Waals surface area contributed by atoms with Crippen molar-refractivity contribution in [3.63, 3.8) is 0 Å². The molecule has 2 heteroatoms. The Morgan fingerprint density at radius 3 is 2.06 bits per heavy atom. The summed E-state index contributed by atoms with van der Waals surface area (Å²) in [5, 5.41) is 0. The molecule has 0 radical (unpaired) electrons. The molecule has 1 aliphatic heterocycles. The maximum Gasteiger partial charge on any atom is 0.0647 e. The van der Waals surface area contributed by atoms with Crippen molar-refractivity contribution >= 4 is 0 Å². The molecule has 4 saturated carbocycles. The first-order valence-electron chi connectivity index (χ1n) is 8.02. The van der Waals surface area contributed by atoms with E-state index in [0.29, 0.717) is 5.41 Å². The summed E-state index contributed by atoms with van der Waals surface area (Å²) in [6.45, 7) is 1.69. The molecule has 1 atom stereocenters. The SMILES string of the molecule is NC1(CCC23CC4CC(CC(C4)C2)C3)CCOC1. The van der Waals surface area contributed by atoms with Gasteiger partial charge in [-0.25, -0.2) is 0 Å². The average Bonchev–Trinajstić information content (AvgIpc) is 2.73. The Morgan fingerprint density at radius 2 is 1.56 bits per heavy atom. The molecule has 1 heterocycles. The van der Waals surface area contributed by atoms with E-state index in [2.05, 4.69) is 0 Å². The van der Waals surface area contributed by atoms with E-state index in [1.807, 2.05) is 0 Å². The molecule has 102 valence electrons. The fourth-order valence-corrected chi connectivity index (χ4v) is 5.93. The Labute approximate surface area is 111 Å². The van der Waals surface area contributed by atoms with Crippen LogP contribution < -0.4 is 5.73 Å². The molecule has 0 aromatic heterocycles. The van der Waals surface area contributed by atoms with Gasteiger partial charge in [-0.3, -0.25) is 0 Å². The molecule has 5 rings (SSSR count). The summed E-state index contributed by atoms with van der Waals surface area (Å²) in [5.41, 5.74) is 7.18. The van der Waals surface area contributed by atoms with Gasteiger partial charge in [-0.1, -0.05) is 0 Å². The zero-order valence-corrected chi connectivity index (χ0v) is 11.5. The molecule has 1 unspecified atom stereocenters. The van der Waals surface area contributed by atoms with Crippen molar-refractivity contribution in [1.82, 2.24) is 0 Å². The first-order valence-corrected chi connectivity index (χ1v) is 8.02. The quantitative estimate of drug-likeness (QED) is 0.834. The lowest BCUT2D eigenvalue weighted by Gasteiger charge is -2.57. The Kier molecular flexibility index (Phi) is 2.58. The van der Waals surface area contributed by atoms with Crippen molar-refractivity contribution < 1.29 is 4.74 Å². The second-order valence-corrected chi connectivity index (χ2v) is 8.08. The van der Waals surface area contributed by atoms with E-state index in [9.17, 15) is 0 Å². The number of hydrogen-bond acceptors (Lipinski definition) is 2. The average molecular weight is 249 g/mol. The Morgan fingerprint density at radius 1 is 0.944 bits per heavy atom. The molecule has 5 fully saturated rings. The van der Waals surface area contributed by atoms with Crippen molar-refractivity contribution in [3.8, 4) is 0 Å². The number of rotatable bonds is 3. The summed E-state index contributed by atoms with van der Waals surface area (Å²) in [5.74, 6) is 3.22. The smallest absolute Gasteiger partial charge is 0.0647 e. The third kappa shape index (κ3) is 1.92. The minimum absolute atomic E-state index is 0.0172. The largest absolute Gasteiger partial charge is 0.379 e. The molecule has 1 saturated heterocycles. The zero-order chi connectivity index (χ0) is 12.2. The molecule has 4 aliphatic carbocycles. The van der Waals surface area contributed by atoms with E-state index < -0.39 is 0 Å². The monoisotopic (exact) mass is 249 g/mol. The van der Waals surface area contributed by atoms with Gasteiger partial charge in [0.05, 0.1) is 6.61 Å². The number of nitrogens with two attached hydrogens (primary N) is 1. The van der Waals surface area contributed by atoms with E-state index >= 15 is 0 Å². The van der Waals surface area contributed by atoms with Crippen LogP contribution >= 0.6 is 0 Å². The van der Waals surface area contributed by atoms with Gasteiger partial charge in [-0.2, -0.15) is 0 Å². The highest BCUT2D eigenvalue weighted by molar-refractivity contribution is 5.02. The van der Waals surface area contributed by atoms with Crippen molar-refractivity contribution in [3.05, 3.63) is 0 Å². The minimum atomic E-state index is 0.0172. The molecular formula is C16H27NO. The van der Waals surface area contributed by atoms with E-state index in [4.69, 9.17) is 10.5 Å². The summed E-state index contributed by atoms with van der Waals surface area (Å²) in [6, 6.07) is 0. The standard InChI is InChI=1S/C16H27NO/c17-16(3-4-18-11-16)2-1-15-8-12-5-13(9-15)7-14(6-12)10-15/h12-14H,1-11,17H2. The summed E-state index contributed by atoms with van der Waals surface area (Å²) in [6.07, 6.45) is 12.9. The van der Waals surface area contributed by atoms with E-state index in [-0.39, 0.29) is 5.54 Å². The highest BCUT2D eigenvalue weighted by atomic mass is 16.5. The van der Waals surface area contributed by atoms with Crippen LogP contribution in [0.2, 0.25) is 0 Å². The first kappa shape index (κ1) is 11.7. The van der Waals surface area contributed by atoms with Gasteiger partial charge in [0.2, 0.25) is 0 Å². The molecule has 2 N–H and O–H groups in total. The third-order valence-electron chi connectivity index (χ3n) is 6.45. The van der Waals surface area contributed by atoms with Crippen molar-refractivity contribution in [2.45, 2.75) is 63.3 Å². The summed E-state index contributed by atoms with van der Waals surface area (Å²) in [7, 11) is 0. The maximum atomic E-state index is 6.46. The lowest BCUT2D eigenvalue weighted by Crippen LogP contribution is -2.48. The maximum absolute atomic E-state index is 6.46. The molecule has 0 spiro atoms. The van der Waals surface area contributed by atoms with Gasteiger partial charge < -0.3 is 10.5 Å². The summed E-state index contributed by atoms with van der Waals surface area (Å²) in [4.78, 5) is 0. The predicted octanol–water partition coefficient (Wildman–Crippen LogP) is 3.10. The van der Waals surface area contributed by atoms with Gasteiger partial charge in [-0.15, -0.1) is 0 Å². The molecule has 0 aromatic rings. The molecule has 4 bridgehead atoms. The van der Waals surface area contributed by atoms with Crippen LogP contribution in [0.1, 0.15) is 57.8 Å². The van der Waals surface area contributed by atoms with Gasteiger partial charge in [0.15, 0.2) is 0 Å². The normalized spacial score (nSPS) is 54.2. The van der Waals surface area contributed by atoms with Crippen molar-refractivity contribution in [2.24, 2.45) is 28.9 Å². The van der Waals surface area contributed by atoms with Crippen LogP contribution in [0.3, 0.4) is 0 Å². The lowest BCUT2D eigenvalue weighted by molar-refractivity contribution is -0.0608. The fourth-order valence-electron chi connectivity index (χ4n) is 5.93. The van der Waals surface area contributed by atoms with E-state index in [1.165, 1.54) is 32.1 Å². The molecule has 0 amide bonds. The van der Waals surface area contributed by atoms with Crippen LogP contribution in [0.15, 0.2) is 0 Å². The minimum Gasteiger partial charge on any atom is -0.379 e. The van der Waals surface area contributed by atoms with Crippen LogP contribution in [0.4, 0.5) is 0 Å². The summed E-state index contributed by atoms with van der Waals surface area (Å²) < 4.78 is 5.51. The number of ether oxygens (including phenoxy) is 1. The highest BCUT2D eigenvalue weighted by Gasteiger charge is 2.51. The van der Waals surface area contributed by atoms with Gasteiger partial charge >= 0.3 is 0 Å². The van der Waals surface area contributed by atoms with Crippen LogP contribution in [-0.2, 0) is 4.74 Å². The zero-order valence-electron chi connectivity index (χ0n) is 11.5. The van der Waals surface area contributed by atoms with Crippen LogP contribution in [0.25, 0.3) is 0 Å². The molecular weight excluding hydrogens is 222 g/mol. The Bertz CT molecular complexity index is 297. The fraction of sp³-hybridized carbons (Fsp3) is 1.00. The number of hydrogen-bond donors (Lipinski definition) is 1. The van der Waals surface area contributed by atoms with E-state index in [0.717, 1.165) is 37.4 Å². The first-order chi connectivity index (χ1) is 8.65. The van der Waals surface area contributed by atoms with Crippen LogP contribution in [-0.4, -0.2) is 18.8 Å². The van der Waals surface area contributed by atoms with Gasteiger partial charge in [0.1, 0.15) is 0 Å². The van der Waals surface area contributed by atoms with Crippen LogP contribution in [0.5, 0.6) is 0 Å². The second kappa shape index (κ2) is 3.96. The van der Waals surface area contributed by atoms with Crippen molar-refractivity contribution in [1.29, 1.82) is 0 Å². The van der Waals surface area contributed by atoms with Crippen molar-refractivity contribution in [2.75, 3.05) is 13.2 Å². The molecule has 18 heavy (non-hydrogen) atoms. The third-order valence-corrected chi connectivity index (χ3v) is 6.45. The Hall–Kier alpha value is -0.0800. The second-order valence-electron chi connectivity index (χ2n) is 8.08. The van der Waals surface area contributed by atoms with E-state index in [1.54, 1.807) is 19.3 Å². The molecule has 2 nitrogen and oxygen atoms in total. The molecule has 5 aliphatic rings. The van der Waals surface area contributed by atoms with Gasteiger partial charge in [-0.05, 0) is 81.0 Å². The van der Waals surface area contributed by atoms with Crippen LogP contribution in [0, 0.1) is 23.2 Å². The summed E-state index contributed by atoms with van der Waals surface area (Å²) >= 11 is 0. The van der Waals surface area contributed by atoms with Gasteiger partial charge in [0.25, 0.3) is 0 Å². The lowest BCUT2D eigenvalue weighted by atomic mass is 9.48. The predicted molar refractivity (Wildman–Crippen MR) is 72.2 cm³/mol.